The summed E-state index contributed by atoms with van der Waals surface area (Å²) >= 11 is 0. The van der Waals surface area contributed by atoms with E-state index in [-0.39, 0.29) is 24.8 Å². The Morgan fingerprint density at radius 3 is 2.39 bits per heavy atom. The standard InChI is InChI=1S/C28H31N3O6S/c1-36-22-14-12-21(13-15-22)23(30-38(2,34)35)18-27(32)31-19-26(37-25-11-7-6-10-24(25)31)28(33)29-17-16-20-8-4-3-5-9-20/h3-15,23,26,30H,16-19H2,1-2H3,(H,29,33)/t23-,26+/m1/s1. The van der Waals surface area contributed by atoms with Crippen LogP contribution in [-0.4, -0.2) is 52.8 Å². The summed E-state index contributed by atoms with van der Waals surface area (Å²) in [6.07, 6.45) is 0.648. The van der Waals surface area contributed by atoms with Crippen molar-refractivity contribution in [1.29, 1.82) is 0 Å². The molecule has 3 aromatic rings. The summed E-state index contributed by atoms with van der Waals surface area (Å²) in [5.74, 6) is 0.350. The molecule has 0 fully saturated rings. The first-order valence-electron chi connectivity index (χ1n) is 12.2. The molecule has 1 aliphatic rings. The van der Waals surface area contributed by atoms with Gasteiger partial charge >= 0.3 is 0 Å². The summed E-state index contributed by atoms with van der Waals surface area (Å²) in [7, 11) is -2.09. The number of carbonyl (C=O) groups is 2. The second-order valence-corrected chi connectivity index (χ2v) is 10.8. The molecule has 38 heavy (non-hydrogen) atoms. The van der Waals surface area contributed by atoms with E-state index in [1.807, 2.05) is 30.3 Å². The van der Waals surface area contributed by atoms with Crippen LogP contribution in [0.15, 0.2) is 78.9 Å². The summed E-state index contributed by atoms with van der Waals surface area (Å²) in [4.78, 5) is 28.1. The molecule has 4 rings (SSSR count). The van der Waals surface area contributed by atoms with Crippen molar-refractivity contribution >= 4 is 27.5 Å². The van der Waals surface area contributed by atoms with Crippen molar-refractivity contribution in [2.24, 2.45) is 0 Å². The number of anilines is 1. The molecule has 1 aliphatic heterocycles. The molecule has 0 saturated heterocycles. The van der Waals surface area contributed by atoms with E-state index in [9.17, 15) is 18.0 Å². The van der Waals surface area contributed by atoms with Crippen molar-refractivity contribution < 1.29 is 27.5 Å². The molecule has 0 saturated carbocycles. The minimum atomic E-state index is -3.62. The fourth-order valence-electron chi connectivity index (χ4n) is 4.30. The number of para-hydroxylation sites is 2. The summed E-state index contributed by atoms with van der Waals surface area (Å²) < 4.78 is 37.9. The number of rotatable bonds is 10. The molecule has 1 heterocycles. The largest absolute Gasteiger partial charge is 0.497 e. The van der Waals surface area contributed by atoms with Gasteiger partial charge < -0.3 is 19.7 Å². The van der Waals surface area contributed by atoms with E-state index in [0.29, 0.717) is 35.7 Å². The highest BCUT2D eigenvalue weighted by molar-refractivity contribution is 7.88. The van der Waals surface area contributed by atoms with Crippen LogP contribution in [0.4, 0.5) is 5.69 Å². The fourth-order valence-corrected chi connectivity index (χ4v) is 5.04. The maximum Gasteiger partial charge on any atom is 0.262 e. The van der Waals surface area contributed by atoms with Crippen LogP contribution in [0, 0.1) is 0 Å². The van der Waals surface area contributed by atoms with Crippen LogP contribution in [0.1, 0.15) is 23.6 Å². The Bertz CT molecular complexity index is 1360. The average Bonchev–Trinajstić information content (AvgIpc) is 2.92. The van der Waals surface area contributed by atoms with E-state index in [1.165, 1.54) is 12.0 Å². The maximum absolute atomic E-state index is 13.6. The lowest BCUT2D eigenvalue weighted by Gasteiger charge is -2.35. The number of sulfonamides is 1. The zero-order chi connectivity index (χ0) is 27.1. The first-order valence-corrected chi connectivity index (χ1v) is 14.1. The van der Waals surface area contributed by atoms with Gasteiger partial charge in [0.15, 0.2) is 6.10 Å². The molecular formula is C28H31N3O6S. The average molecular weight is 538 g/mol. The van der Waals surface area contributed by atoms with E-state index in [0.717, 1.165) is 11.8 Å². The smallest absolute Gasteiger partial charge is 0.262 e. The number of benzene rings is 3. The highest BCUT2D eigenvalue weighted by Crippen LogP contribution is 2.34. The van der Waals surface area contributed by atoms with Gasteiger partial charge in [0.2, 0.25) is 15.9 Å². The minimum Gasteiger partial charge on any atom is -0.497 e. The number of hydrogen-bond donors (Lipinski definition) is 2. The Morgan fingerprint density at radius 2 is 1.71 bits per heavy atom. The van der Waals surface area contributed by atoms with Crippen molar-refractivity contribution in [1.82, 2.24) is 10.0 Å². The third-order valence-corrected chi connectivity index (χ3v) is 6.89. The van der Waals surface area contributed by atoms with Gasteiger partial charge in [0.05, 0.1) is 31.6 Å². The molecule has 0 aliphatic carbocycles. The first kappa shape index (κ1) is 27.2. The molecule has 0 spiro atoms. The number of nitrogens with zero attached hydrogens (tertiary/aromatic N) is 1. The topological polar surface area (TPSA) is 114 Å². The van der Waals surface area contributed by atoms with Crippen LogP contribution in [0.5, 0.6) is 11.5 Å². The van der Waals surface area contributed by atoms with Gasteiger partial charge in [-0.15, -0.1) is 0 Å². The lowest BCUT2D eigenvalue weighted by atomic mass is 10.0. The monoisotopic (exact) mass is 537 g/mol. The molecule has 0 unspecified atom stereocenters. The highest BCUT2D eigenvalue weighted by Gasteiger charge is 2.35. The molecule has 0 bridgehead atoms. The van der Waals surface area contributed by atoms with E-state index >= 15 is 0 Å². The van der Waals surface area contributed by atoms with E-state index < -0.39 is 22.2 Å². The second kappa shape index (κ2) is 12.1. The van der Waals surface area contributed by atoms with Gasteiger partial charge in [-0.25, -0.2) is 13.1 Å². The fraction of sp³-hybridized carbons (Fsp3) is 0.286. The predicted octanol–water partition coefficient (Wildman–Crippen LogP) is 2.83. The van der Waals surface area contributed by atoms with Gasteiger partial charge in [0, 0.05) is 13.0 Å². The molecule has 9 nitrogen and oxygen atoms in total. The van der Waals surface area contributed by atoms with Crippen molar-refractivity contribution in [3.05, 3.63) is 90.0 Å². The van der Waals surface area contributed by atoms with Gasteiger partial charge in [-0.1, -0.05) is 54.6 Å². The van der Waals surface area contributed by atoms with Crippen molar-refractivity contribution in [3.8, 4) is 11.5 Å². The number of amides is 2. The summed E-state index contributed by atoms with van der Waals surface area (Å²) in [6, 6.07) is 22.8. The van der Waals surface area contributed by atoms with E-state index in [2.05, 4.69) is 10.0 Å². The minimum absolute atomic E-state index is 0.00121. The van der Waals surface area contributed by atoms with Crippen LogP contribution < -0.4 is 24.4 Å². The van der Waals surface area contributed by atoms with Gasteiger partial charge in [0.1, 0.15) is 11.5 Å². The van der Waals surface area contributed by atoms with Gasteiger partial charge in [0.25, 0.3) is 5.91 Å². The van der Waals surface area contributed by atoms with Gasteiger partial charge in [-0.05, 0) is 41.8 Å². The summed E-state index contributed by atoms with van der Waals surface area (Å²) in [5, 5.41) is 2.89. The van der Waals surface area contributed by atoms with Crippen LogP contribution >= 0.6 is 0 Å². The molecular weight excluding hydrogens is 506 g/mol. The number of carbonyl (C=O) groups excluding carboxylic acids is 2. The molecule has 2 N–H and O–H groups in total. The van der Waals surface area contributed by atoms with Crippen molar-refractivity contribution in [3.63, 3.8) is 0 Å². The van der Waals surface area contributed by atoms with Crippen LogP contribution in [0.3, 0.4) is 0 Å². The van der Waals surface area contributed by atoms with E-state index in [4.69, 9.17) is 9.47 Å². The predicted molar refractivity (Wildman–Crippen MR) is 145 cm³/mol. The van der Waals surface area contributed by atoms with Crippen molar-refractivity contribution in [2.45, 2.75) is 25.0 Å². The Labute approximate surface area is 222 Å². The van der Waals surface area contributed by atoms with Gasteiger partial charge in [-0.2, -0.15) is 0 Å². The Kier molecular flexibility index (Phi) is 8.65. The van der Waals surface area contributed by atoms with Crippen LogP contribution in [0.2, 0.25) is 0 Å². The lowest BCUT2D eigenvalue weighted by Crippen LogP contribution is -2.51. The van der Waals surface area contributed by atoms with Crippen LogP contribution in [-0.2, 0) is 26.0 Å². The SMILES string of the molecule is COc1ccc([C@@H](CC(=O)N2C[C@@H](C(=O)NCCc3ccccc3)Oc3ccccc32)NS(C)(=O)=O)cc1. The number of methoxy groups -OCH3 is 1. The maximum atomic E-state index is 13.6. The molecule has 10 heteroatoms. The summed E-state index contributed by atoms with van der Waals surface area (Å²) in [6.45, 7) is 0.428. The number of ether oxygens (including phenoxy) is 2. The second-order valence-electron chi connectivity index (χ2n) is 9.03. The normalized spacial score (nSPS) is 15.6. The first-order chi connectivity index (χ1) is 18.2. The zero-order valence-corrected chi connectivity index (χ0v) is 22.1. The highest BCUT2D eigenvalue weighted by atomic mass is 32.2. The number of nitrogens with one attached hydrogen (secondary N) is 2. The third-order valence-electron chi connectivity index (χ3n) is 6.18. The third kappa shape index (κ3) is 7.11. The molecule has 0 aromatic heterocycles. The Hall–Kier alpha value is -3.89. The molecule has 2 amide bonds. The Balaban J connectivity index is 1.50. The molecule has 3 aromatic carbocycles. The number of fused-ring (bicyclic) bond motifs is 1. The van der Waals surface area contributed by atoms with Crippen LogP contribution in [0.25, 0.3) is 0 Å². The van der Waals surface area contributed by atoms with Crippen molar-refractivity contribution in [2.75, 3.05) is 31.4 Å². The van der Waals surface area contributed by atoms with Gasteiger partial charge in [-0.3, -0.25) is 9.59 Å². The summed E-state index contributed by atoms with van der Waals surface area (Å²) in [5.41, 5.74) is 2.24. The van der Waals surface area contributed by atoms with E-state index in [1.54, 1.807) is 48.5 Å². The number of hydrogen-bond acceptors (Lipinski definition) is 6. The quantitative estimate of drug-likeness (QED) is 0.411. The molecule has 2 atom stereocenters. The Morgan fingerprint density at radius 1 is 1.03 bits per heavy atom. The zero-order valence-electron chi connectivity index (χ0n) is 21.3. The molecule has 0 radical (unpaired) electrons. The molecule has 200 valence electrons. The lowest BCUT2D eigenvalue weighted by molar-refractivity contribution is -0.128.